The molecule has 0 bridgehead atoms. The first-order valence-corrected chi connectivity index (χ1v) is 9.90. The molecule has 0 spiro atoms. The molecule has 1 amide bonds. The molecule has 23 heavy (non-hydrogen) atoms. The van der Waals surface area contributed by atoms with Crippen molar-refractivity contribution in [2.45, 2.75) is 23.5 Å². The smallest absolute Gasteiger partial charge is 0.252 e. The predicted octanol–water partition coefficient (Wildman–Crippen LogP) is 0.929. The molecule has 0 aliphatic carbocycles. The van der Waals surface area contributed by atoms with Crippen LogP contribution >= 0.6 is 23.7 Å². The van der Waals surface area contributed by atoms with Crippen LogP contribution in [0.1, 0.15) is 17.7 Å². The number of hydrogen-bond donors (Lipinski definition) is 1. The van der Waals surface area contributed by atoms with E-state index in [1.165, 1.54) is 11.3 Å². The molecule has 2 aliphatic rings. The Bertz CT molecular complexity index is 635. The van der Waals surface area contributed by atoms with Crippen LogP contribution in [0, 0.1) is 0 Å². The zero-order valence-electron chi connectivity index (χ0n) is 12.9. The van der Waals surface area contributed by atoms with Gasteiger partial charge in [0.25, 0.3) is 10.0 Å². The van der Waals surface area contributed by atoms with Crippen LogP contribution in [0.15, 0.2) is 16.3 Å². The number of amides is 1. The Hall–Kier alpha value is -0.670. The second-order valence-corrected chi connectivity index (χ2v) is 8.97. The maximum absolute atomic E-state index is 12.5. The molecule has 1 aromatic rings. The topological polar surface area (TPSA) is 69.7 Å². The average molecular weight is 380 g/mol. The normalized spacial score (nSPS) is 19.6. The lowest BCUT2D eigenvalue weighted by Gasteiger charge is -2.27. The van der Waals surface area contributed by atoms with Crippen LogP contribution in [0.5, 0.6) is 0 Å². The summed E-state index contributed by atoms with van der Waals surface area (Å²) in [5.41, 5.74) is 0. The number of rotatable bonds is 4. The van der Waals surface area contributed by atoms with E-state index in [0.29, 0.717) is 23.7 Å². The Morgan fingerprint density at radius 1 is 1.13 bits per heavy atom. The van der Waals surface area contributed by atoms with Gasteiger partial charge in [0.1, 0.15) is 4.21 Å². The van der Waals surface area contributed by atoms with E-state index in [-0.39, 0.29) is 18.3 Å². The van der Waals surface area contributed by atoms with Crippen molar-refractivity contribution in [2.75, 3.05) is 39.3 Å². The van der Waals surface area contributed by atoms with Crippen LogP contribution in [0.4, 0.5) is 0 Å². The van der Waals surface area contributed by atoms with Crippen molar-refractivity contribution in [1.82, 2.24) is 14.5 Å². The van der Waals surface area contributed by atoms with Crippen molar-refractivity contribution >= 4 is 39.7 Å². The third-order valence-corrected chi connectivity index (χ3v) is 7.54. The highest BCUT2D eigenvalue weighted by Crippen LogP contribution is 2.27. The molecule has 0 radical (unpaired) electrons. The van der Waals surface area contributed by atoms with Gasteiger partial charge in [0.2, 0.25) is 5.91 Å². The largest absolute Gasteiger partial charge is 0.340 e. The molecule has 0 aromatic carbocycles. The van der Waals surface area contributed by atoms with Crippen molar-refractivity contribution in [3.63, 3.8) is 0 Å². The molecule has 130 valence electrons. The first kappa shape index (κ1) is 18.7. The van der Waals surface area contributed by atoms with Crippen molar-refractivity contribution in [3.05, 3.63) is 17.0 Å². The van der Waals surface area contributed by atoms with E-state index in [4.69, 9.17) is 0 Å². The van der Waals surface area contributed by atoms with Gasteiger partial charge in [0.15, 0.2) is 0 Å². The third kappa shape index (κ3) is 4.24. The lowest BCUT2D eigenvalue weighted by molar-refractivity contribution is -0.130. The first-order chi connectivity index (χ1) is 10.6. The van der Waals surface area contributed by atoms with Gasteiger partial charge in [0.05, 0.1) is 6.42 Å². The fourth-order valence-corrected chi connectivity index (χ4v) is 5.84. The zero-order chi connectivity index (χ0) is 15.6. The third-order valence-electron chi connectivity index (χ3n) is 4.09. The molecule has 9 heteroatoms. The molecule has 0 saturated carbocycles. The molecule has 2 fully saturated rings. The Morgan fingerprint density at radius 2 is 1.78 bits per heavy atom. The number of piperazine rings is 1. The van der Waals surface area contributed by atoms with Gasteiger partial charge in [-0.25, -0.2) is 8.42 Å². The van der Waals surface area contributed by atoms with Crippen molar-refractivity contribution in [1.29, 1.82) is 0 Å². The maximum atomic E-state index is 12.5. The van der Waals surface area contributed by atoms with Gasteiger partial charge in [0, 0.05) is 44.1 Å². The molecule has 6 nitrogen and oxygen atoms in total. The monoisotopic (exact) mass is 379 g/mol. The highest BCUT2D eigenvalue weighted by atomic mass is 35.5. The second kappa shape index (κ2) is 7.94. The van der Waals surface area contributed by atoms with Gasteiger partial charge in [-0.1, -0.05) is 0 Å². The number of nitrogens with one attached hydrogen (secondary N) is 1. The van der Waals surface area contributed by atoms with Crippen LogP contribution in [0.2, 0.25) is 0 Å². The van der Waals surface area contributed by atoms with Crippen molar-refractivity contribution in [2.24, 2.45) is 0 Å². The summed E-state index contributed by atoms with van der Waals surface area (Å²) in [7, 11) is -3.36. The fourth-order valence-electron chi connectivity index (χ4n) is 2.82. The number of sulfonamides is 1. The summed E-state index contributed by atoms with van der Waals surface area (Å²) < 4.78 is 26.8. The molecule has 3 heterocycles. The number of carbonyl (C=O) groups is 1. The van der Waals surface area contributed by atoms with Crippen LogP contribution in [0.3, 0.4) is 0 Å². The van der Waals surface area contributed by atoms with E-state index < -0.39 is 10.0 Å². The van der Waals surface area contributed by atoms with Crippen molar-refractivity contribution < 1.29 is 13.2 Å². The van der Waals surface area contributed by atoms with E-state index in [1.807, 2.05) is 4.90 Å². The van der Waals surface area contributed by atoms with Gasteiger partial charge < -0.3 is 10.2 Å². The van der Waals surface area contributed by atoms with E-state index in [9.17, 15) is 13.2 Å². The lowest BCUT2D eigenvalue weighted by atomic mass is 10.3. The minimum absolute atomic E-state index is 0. The van der Waals surface area contributed by atoms with Gasteiger partial charge in [-0.15, -0.1) is 23.7 Å². The molecule has 0 unspecified atom stereocenters. The molecule has 1 aromatic heterocycles. The second-order valence-electron chi connectivity index (χ2n) is 5.64. The summed E-state index contributed by atoms with van der Waals surface area (Å²) in [4.78, 5) is 14.9. The predicted molar refractivity (Wildman–Crippen MR) is 92.7 cm³/mol. The van der Waals surface area contributed by atoms with Crippen molar-refractivity contribution in [3.8, 4) is 0 Å². The SMILES string of the molecule is Cl.O=C(Cc1ccc(S(=O)(=O)N2CCCC2)s1)N1CCNCC1. The number of hydrogen-bond acceptors (Lipinski definition) is 5. The van der Waals surface area contributed by atoms with E-state index >= 15 is 0 Å². The summed E-state index contributed by atoms with van der Waals surface area (Å²) in [6.07, 6.45) is 2.15. The Kier molecular flexibility index (Phi) is 6.44. The highest BCUT2D eigenvalue weighted by Gasteiger charge is 2.28. The molecule has 0 atom stereocenters. The first-order valence-electron chi connectivity index (χ1n) is 7.65. The van der Waals surface area contributed by atoms with Gasteiger partial charge in [-0.05, 0) is 25.0 Å². The highest BCUT2D eigenvalue weighted by molar-refractivity contribution is 7.91. The van der Waals surface area contributed by atoms with E-state index in [1.54, 1.807) is 16.4 Å². The Morgan fingerprint density at radius 3 is 2.43 bits per heavy atom. The number of carbonyl (C=O) groups excluding carboxylic acids is 1. The molecular formula is C14H22ClN3O3S2. The summed E-state index contributed by atoms with van der Waals surface area (Å²) in [6.45, 7) is 4.31. The van der Waals surface area contributed by atoms with Crippen LogP contribution in [-0.4, -0.2) is 62.8 Å². The summed E-state index contributed by atoms with van der Waals surface area (Å²) >= 11 is 1.23. The zero-order valence-corrected chi connectivity index (χ0v) is 15.3. The number of thiophene rings is 1. The van der Waals surface area contributed by atoms with Crippen LogP contribution < -0.4 is 5.32 Å². The lowest BCUT2D eigenvalue weighted by Crippen LogP contribution is -2.46. The summed E-state index contributed by atoms with van der Waals surface area (Å²) in [5.74, 6) is 0.0773. The Balaban J connectivity index is 0.00000192. The Labute approximate surface area is 147 Å². The minimum atomic E-state index is -3.36. The molecular weight excluding hydrogens is 358 g/mol. The number of halogens is 1. The quantitative estimate of drug-likeness (QED) is 0.844. The summed E-state index contributed by atoms with van der Waals surface area (Å²) in [6, 6.07) is 3.41. The van der Waals surface area contributed by atoms with Crippen LogP contribution in [0.25, 0.3) is 0 Å². The maximum Gasteiger partial charge on any atom is 0.252 e. The van der Waals surface area contributed by atoms with E-state index in [2.05, 4.69) is 5.32 Å². The molecule has 2 saturated heterocycles. The van der Waals surface area contributed by atoms with Crippen LogP contribution in [-0.2, 0) is 21.2 Å². The molecule has 3 rings (SSSR count). The fraction of sp³-hybridized carbons (Fsp3) is 0.643. The van der Waals surface area contributed by atoms with E-state index in [0.717, 1.165) is 43.9 Å². The van der Waals surface area contributed by atoms with Gasteiger partial charge in [-0.3, -0.25) is 4.79 Å². The minimum Gasteiger partial charge on any atom is -0.340 e. The molecule has 2 aliphatic heterocycles. The van der Waals surface area contributed by atoms with Gasteiger partial charge >= 0.3 is 0 Å². The van der Waals surface area contributed by atoms with Gasteiger partial charge in [-0.2, -0.15) is 4.31 Å². The average Bonchev–Trinajstić information content (AvgIpc) is 3.20. The molecule has 1 N–H and O–H groups in total. The number of nitrogens with zero attached hydrogens (tertiary/aromatic N) is 2. The summed E-state index contributed by atoms with van der Waals surface area (Å²) in [5, 5.41) is 3.21. The standard InChI is InChI=1S/C14H21N3O3S2.ClH/c18-13(16-9-5-15-6-10-16)11-12-3-4-14(21-12)22(19,20)17-7-1-2-8-17;/h3-4,15H,1-2,5-11H2;1H.